The zero-order chi connectivity index (χ0) is 18.7. The Hall–Kier alpha value is -3.13. The number of carbonyl (C=O) groups excluding carboxylic acids is 1. The first-order valence-corrected chi connectivity index (χ1v) is 8.60. The molecule has 3 rings (SSSR count). The van der Waals surface area contributed by atoms with Crippen LogP contribution in [0.4, 0.5) is 17.1 Å². The van der Waals surface area contributed by atoms with E-state index in [4.69, 9.17) is 0 Å². The Morgan fingerprint density at radius 2 is 2.08 bits per heavy atom. The summed E-state index contributed by atoms with van der Waals surface area (Å²) in [5.41, 5.74) is 2.78. The van der Waals surface area contributed by atoms with Crippen LogP contribution in [0.5, 0.6) is 0 Å². The van der Waals surface area contributed by atoms with E-state index in [1.165, 1.54) is 17.8 Å². The van der Waals surface area contributed by atoms with Crippen molar-refractivity contribution in [3.8, 4) is 0 Å². The van der Waals surface area contributed by atoms with Gasteiger partial charge in [0.2, 0.25) is 0 Å². The highest BCUT2D eigenvalue weighted by Crippen LogP contribution is 2.31. The molecule has 0 aromatic heterocycles. The molecule has 0 radical (unpaired) electrons. The fourth-order valence-corrected chi connectivity index (χ4v) is 3.29. The normalized spacial score (nSPS) is 16.8. The Morgan fingerprint density at radius 1 is 1.27 bits per heavy atom. The number of aliphatic imine (C=N–C) groups is 1. The van der Waals surface area contributed by atoms with E-state index in [-0.39, 0.29) is 11.6 Å². The van der Waals surface area contributed by atoms with Crippen molar-refractivity contribution in [2.75, 3.05) is 12.4 Å². The molecule has 1 heterocycles. The highest BCUT2D eigenvalue weighted by Gasteiger charge is 2.24. The third-order valence-corrected chi connectivity index (χ3v) is 4.58. The van der Waals surface area contributed by atoms with Gasteiger partial charge in [0.05, 0.1) is 15.5 Å². The molecule has 7 nitrogen and oxygen atoms in total. The van der Waals surface area contributed by atoms with Crippen LogP contribution in [0.1, 0.15) is 11.1 Å². The second kappa shape index (κ2) is 7.40. The number of carbonyl (C=O) groups is 1. The highest BCUT2D eigenvalue weighted by atomic mass is 32.2. The van der Waals surface area contributed by atoms with Gasteiger partial charge in [0.25, 0.3) is 11.6 Å². The monoisotopic (exact) mass is 368 g/mol. The summed E-state index contributed by atoms with van der Waals surface area (Å²) in [5, 5.41) is 17.1. The third kappa shape index (κ3) is 3.92. The summed E-state index contributed by atoms with van der Waals surface area (Å²) in [6, 6.07) is 12.4. The molecule has 2 N–H and O–H groups in total. The van der Waals surface area contributed by atoms with Gasteiger partial charge in [0, 0.05) is 13.1 Å². The predicted molar refractivity (Wildman–Crippen MR) is 105 cm³/mol. The number of amides is 1. The topological polar surface area (TPSA) is 96.6 Å². The van der Waals surface area contributed by atoms with Gasteiger partial charge < -0.3 is 10.6 Å². The molecule has 0 bridgehead atoms. The van der Waals surface area contributed by atoms with Crippen LogP contribution in [-0.2, 0) is 4.79 Å². The van der Waals surface area contributed by atoms with Gasteiger partial charge in [0.1, 0.15) is 5.69 Å². The van der Waals surface area contributed by atoms with E-state index in [1.54, 1.807) is 25.3 Å². The van der Waals surface area contributed by atoms with Gasteiger partial charge in [-0.2, -0.15) is 0 Å². The standard InChI is InChI=1S/C18H16N4O3S/c1-11-4-3-5-13(8-11)20-18-21-17(23)16(26-18)10-12-6-7-14(19-2)15(9-12)22(24)25/h3-10,19H,1-2H3,(H,20,21,23)/b16-10+. The number of aryl methyl sites for hydroxylation is 1. The van der Waals surface area contributed by atoms with E-state index < -0.39 is 4.92 Å². The van der Waals surface area contributed by atoms with E-state index in [0.29, 0.717) is 21.3 Å². The Bertz CT molecular complexity index is 953. The van der Waals surface area contributed by atoms with Crippen LogP contribution in [0.15, 0.2) is 52.4 Å². The molecule has 2 aromatic rings. The number of nitro groups is 1. The van der Waals surface area contributed by atoms with E-state index >= 15 is 0 Å². The first-order valence-electron chi connectivity index (χ1n) is 7.79. The van der Waals surface area contributed by atoms with Crippen LogP contribution in [0.2, 0.25) is 0 Å². The molecule has 1 saturated heterocycles. The Balaban J connectivity index is 1.87. The third-order valence-electron chi connectivity index (χ3n) is 3.67. The molecule has 8 heteroatoms. The second-order valence-electron chi connectivity index (χ2n) is 5.60. The summed E-state index contributed by atoms with van der Waals surface area (Å²) < 4.78 is 0. The molecule has 2 aromatic carbocycles. The Labute approximate surface area is 154 Å². The molecular formula is C18H16N4O3S. The van der Waals surface area contributed by atoms with Crippen molar-refractivity contribution in [3.63, 3.8) is 0 Å². The fraction of sp³-hybridized carbons (Fsp3) is 0.111. The smallest absolute Gasteiger partial charge is 0.292 e. The minimum absolute atomic E-state index is 0.0427. The summed E-state index contributed by atoms with van der Waals surface area (Å²) in [6.45, 7) is 1.97. The molecule has 132 valence electrons. The van der Waals surface area contributed by atoms with E-state index in [9.17, 15) is 14.9 Å². The van der Waals surface area contributed by atoms with Crippen LogP contribution in [0, 0.1) is 17.0 Å². The SMILES string of the molecule is CNc1ccc(/C=C2/SC(=Nc3cccc(C)c3)NC2=O)cc1[N+](=O)[O-]. The van der Waals surface area contributed by atoms with Gasteiger partial charge in [-0.25, -0.2) is 4.99 Å². The van der Waals surface area contributed by atoms with E-state index in [0.717, 1.165) is 11.3 Å². The molecule has 26 heavy (non-hydrogen) atoms. The van der Waals surface area contributed by atoms with Crippen molar-refractivity contribution in [1.82, 2.24) is 5.32 Å². The number of nitrogens with zero attached hydrogens (tertiary/aromatic N) is 2. The van der Waals surface area contributed by atoms with Gasteiger partial charge in [-0.3, -0.25) is 14.9 Å². The first-order chi connectivity index (χ1) is 12.5. The molecule has 1 fully saturated rings. The number of thioether (sulfide) groups is 1. The molecule has 1 aliphatic heterocycles. The number of amidine groups is 1. The maximum atomic E-state index is 12.2. The Morgan fingerprint density at radius 3 is 2.77 bits per heavy atom. The van der Waals surface area contributed by atoms with Crippen LogP contribution in [0.3, 0.4) is 0 Å². The van der Waals surface area contributed by atoms with Crippen molar-refractivity contribution < 1.29 is 9.72 Å². The molecule has 0 saturated carbocycles. The number of nitro benzene ring substituents is 1. The summed E-state index contributed by atoms with van der Waals surface area (Å²) >= 11 is 1.20. The number of hydrogen-bond acceptors (Lipinski definition) is 6. The summed E-state index contributed by atoms with van der Waals surface area (Å²) in [6.07, 6.45) is 1.62. The van der Waals surface area contributed by atoms with Gasteiger partial charge in [-0.1, -0.05) is 18.2 Å². The van der Waals surface area contributed by atoms with Crippen molar-refractivity contribution in [2.45, 2.75) is 6.92 Å². The maximum Gasteiger partial charge on any atom is 0.292 e. The average molecular weight is 368 g/mol. The van der Waals surface area contributed by atoms with Crippen LogP contribution >= 0.6 is 11.8 Å². The van der Waals surface area contributed by atoms with Crippen molar-refractivity contribution in [3.05, 3.63) is 68.6 Å². The van der Waals surface area contributed by atoms with E-state index in [1.807, 2.05) is 31.2 Å². The van der Waals surface area contributed by atoms with Crippen LogP contribution in [-0.4, -0.2) is 23.0 Å². The number of nitrogens with one attached hydrogen (secondary N) is 2. The molecule has 0 spiro atoms. The van der Waals surface area contributed by atoms with Gasteiger partial charge >= 0.3 is 0 Å². The lowest BCUT2D eigenvalue weighted by Crippen LogP contribution is -2.19. The van der Waals surface area contributed by atoms with Crippen molar-refractivity contribution >= 4 is 46.0 Å². The molecule has 1 amide bonds. The average Bonchev–Trinajstić information content (AvgIpc) is 2.94. The number of anilines is 1. The zero-order valence-corrected chi connectivity index (χ0v) is 15.0. The summed E-state index contributed by atoms with van der Waals surface area (Å²) in [7, 11) is 1.62. The van der Waals surface area contributed by atoms with Gasteiger partial charge in [-0.15, -0.1) is 0 Å². The lowest BCUT2D eigenvalue weighted by molar-refractivity contribution is -0.384. The lowest BCUT2D eigenvalue weighted by Gasteiger charge is -2.03. The summed E-state index contributed by atoms with van der Waals surface area (Å²) in [5.74, 6) is -0.276. The largest absolute Gasteiger partial charge is 0.383 e. The molecule has 0 atom stereocenters. The lowest BCUT2D eigenvalue weighted by atomic mass is 10.1. The predicted octanol–water partition coefficient (Wildman–Crippen LogP) is 3.84. The van der Waals surface area contributed by atoms with Gasteiger partial charge in [0.15, 0.2) is 5.17 Å². The fourth-order valence-electron chi connectivity index (χ4n) is 2.45. The highest BCUT2D eigenvalue weighted by molar-refractivity contribution is 8.18. The van der Waals surface area contributed by atoms with E-state index in [2.05, 4.69) is 15.6 Å². The molecule has 0 aliphatic carbocycles. The van der Waals surface area contributed by atoms with Crippen molar-refractivity contribution in [1.29, 1.82) is 0 Å². The Kier molecular flexibility index (Phi) is 5.04. The quantitative estimate of drug-likeness (QED) is 0.486. The van der Waals surface area contributed by atoms with Crippen LogP contribution < -0.4 is 10.6 Å². The molecule has 0 unspecified atom stereocenters. The second-order valence-corrected chi connectivity index (χ2v) is 6.64. The number of benzene rings is 2. The maximum absolute atomic E-state index is 12.2. The zero-order valence-electron chi connectivity index (χ0n) is 14.1. The van der Waals surface area contributed by atoms with Gasteiger partial charge in [-0.05, 0) is 54.1 Å². The summed E-state index contributed by atoms with van der Waals surface area (Å²) in [4.78, 5) is 27.7. The number of rotatable bonds is 4. The molecular weight excluding hydrogens is 352 g/mol. The van der Waals surface area contributed by atoms with Crippen LogP contribution in [0.25, 0.3) is 6.08 Å². The number of hydrogen-bond donors (Lipinski definition) is 2. The minimum Gasteiger partial charge on any atom is -0.383 e. The van der Waals surface area contributed by atoms with Crippen molar-refractivity contribution in [2.24, 2.45) is 4.99 Å². The molecule has 1 aliphatic rings. The minimum atomic E-state index is -0.458. The first kappa shape index (κ1) is 17.7.